The van der Waals surface area contributed by atoms with E-state index in [2.05, 4.69) is 14.6 Å². The number of aliphatic hydroxyl groups is 1. The van der Waals surface area contributed by atoms with Gasteiger partial charge in [0.1, 0.15) is 17.3 Å². The lowest BCUT2D eigenvalue weighted by atomic mass is 10.2. The van der Waals surface area contributed by atoms with Gasteiger partial charge in [0, 0.05) is 31.1 Å². The van der Waals surface area contributed by atoms with Crippen LogP contribution in [0.5, 0.6) is 11.5 Å². The van der Waals surface area contributed by atoms with Crippen molar-refractivity contribution in [3.63, 3.8) is 0 Å². The van der Waals surface area contributed by atoms with Crippen LogP contribution in [-0.4, -0.2) is 61.1 Å². The molecule has 1 aromatic heterocycles. The minimum atomic E-state index is -0.168. The van der Waals surface area contributed by atoms with Crippen molar-refractivity contribution in [3.8, 4) is 22.9 Å². The summed E-state index contributed by atoms with van der Waals surface area (Å²) in [6.45, 7) is 2.91. The van der Waals surface area contributed by atoms with Crippen molar-refractivity contribution in [2.45, 2.75) is 38.6 Å². The van der Waals surface area contributed by atoms with Gasteiger partial charge in [-0.05, 0) is 68.6 Å². The van der Waals surface area contributed by atoms with Gasteiger partial charge in [0.05, 0.1) is 38.5 Å². The molecule has 184 valence electrons. The van der Waals surface area contributed by atoms with E-state index in [4.69, 9.17) is 19.6 Å². The number of aryl methyl sites for hydroxylation is 1. The number of hydrogen-bond donors (Lipinski definition) is 2. The fourth-order valence-corrected chi connectivity index (χ4v) is 3.79. The number of carbonyl (C=O) groups excluding carboxylic acids is 1. The molecule has 2 N–H and O–H groups in total. The van der Waals surface area contributed by atoms with Gasteiger partial charge in [-0.15, -0.1) is 0 Å². The molecule has 0 aliphatic heterocycles. The predicted octanol–water partition coefficient (Wildman–Crippen LogP) is 3.80. The Balaban J connectivity index is 1.72. The number of esters is 1. The van der Waals surface area contributed by atoms with Crippen LogP contribution >= 0.6 is 0 Å². The summed E-state index contributed by atoms with van der Waals surface area (Å²) in [5.41, 5.74) is 2.96. The van der Waals surface area contributed by atoms with E-state index >= 15 is 0 Å². The molecule has 8 heteroatoms. The number of carbonyl (C=O) groups is 1. The Morgan fingerprint density at radius 3 is 2.53 bits per heavy atom. The molecule has 0 spiro atoms. The summed E-state index contributed by atoms with van der Waals surface area (Å²) >= 11 is 0. The molecule has 3 aromatic rings. The Hall–Kier alpha value is -3.10. The third kappa shape index (κ3) is 7.20. The molecule has 0 bridgehead atoms. The first-order chi connectivity index (χ1) is 16.7. The number of nitrogens with one attached hydrogen (secondary N) is 1. The molecule has 2 aromatic carbocycles. The van der Waals surface area contributed by atoms with Crippen LogP contribution in [0.15, 0.2) is 42.5 Å². The fourth-order valence-electron chi connectivity index (χ4n) is 3.79. The number of imidazole rings is 1. The monoisotopic (exact) mass is 469 g/mol. The standard InChI is InChI=1S/C26H35N3O5/c1-32-21-10-8-20(9-11-21)26-28-23-13-12-22(34-18-5-3-4-7-25(31)33-2)19-24(23)29(26)16-6-14-27-15-17-30/h8-13,19,27,30H,3-7,14-18H2,1-2H3. The van der Waals surface area contributed by atoms with Gasteiger partial charge in [0.15, 0.2) is 0 Å². The maximum atomic E-state index is 11.2. The minimum absolute atomic E-state index is 0.133. The maximum Gasteiger partial charge on any atom is 0.305 e. The van der Waals surface area contributed by atoms with Crippen molar-refractivity contribution in [2.24, 2.45) is 0 Å². The van der Waals surface area contributed by atoms with Crippen molar-refractivity contribution in [3.05, 3.63) is 42.5 Å². The summed E-state index contributed by atoms with van der Waals surface area (Å²) in [5, 5.41) is 12.2. The van der Waals surface area contributed by atoms with Crippen molar-refractivity contribution >= 4 is 17.0 Å². The van der Waals surface area contributed by atoms with Crippen LogP contribution < -0.4 is 14.8 Å². The van der Waals surface area contributed by atoms with Crippen LogP contribution in [0.2, 0.25) is 0 Å². The van der Waals surface area contributed by atoms with Gasteiger partial charge in [-0.3, -0.25) is 4.79 Å². The third-order valence-electron chi connectivity index (χ3n) is 5.61. The number of methoxy groups -OCH3 is 2. The van der Waals surface area contributed by atoms with E-state index in [1.165, 1.54) is 7.11 Å². The largest absolute Gasteiger partial charge is 0.497 e. The second-order valence-electron chi connectivity index (χ2n) is 8.03. The number of fused-ring (bicyclic) bond motifs is 1. The summed E-state index contributed by atoms with van der Waals surface area (Å²) < 4.78 is 18.2. The molecular formula is C26H35N3O5. The van der Waals surface area contributed by atoms with Gasteiger partial charge in [-0.25, -0.2) is 4.98 Å². The van der Waals surface area contributed by atoms with E-state index in [0.717, 1.165) is 72.7 Å². The summed E-state index contributed by atoms with van der Waals surface area (Å²) in [7, 11) is 3.07. The van der Waals surface area contributed by atoms with E-state index in [1.54, 1.807) is 7.11 Å². The molecule has 0 saturated heterocycles. The Morgan fingerprint density at radius 2 is 1.79 bits per heavy atom. The van der Waals surface area contributed by atoms with E-state index < -0.39 is 0 Å². The van der Waals surface area contributed by atoms with Crippen LogP contribution in [0.25, 0.3) is 22.4 Å². The van der Waals surface area contributed by atoms with Gasteiger partial charge in [0.2, 0.25) is 0 Å². The SMILES string of the molecule is COC(=O)CCCCCOc1ccc2nc(-c3ccc(OC)cc3)n(CCCNCCO)c2c1. The lowest BCUT2D eigenvalue weighted by molar-refractivity contribution is -0.140. The predicted molar refractivity (Wildman–Crippen MR) is 132 cm³/mol. The zero-order valence-electron chi connectivity index (χ0n) is 20.1. The Bertz CT molecular complexity index is 1030. The molecular weight excluding hydrogens is 434 g/mol. The van der Waals surface area contributed by atoms with Crippen LogP contribution in [0.4, 0.5) is 0 Å². The first kappa shape index (κ1) is 25.5. The van der Waals surface area contributed by atoms with Crippen LogP contribution in [0, 0.1) is 0 Å². The van der Waals surface area contributed by atoms with Gasteiger partial charge in [-0.1, -0.05) is 0 Å². The molecule has 0 radical (unpaired) electrons. The summed E-state index contributed by atoms with van der Waals surface area (Å²) in [6, 6.07) is 13.9. The van der Waals surface area contributed by atoms with Crippen LogP contribution in [-0.2, 0) is 16.1 Å². The Morgan fingerprint density at radius 1 is 1.00 bits per heavy atom. The zero-order valence-corrected chi connectivity index (χ0v) is 20.1. The fraction of sp³-hybridized carbons (Fsp3) is 0.462. The second kappa shape index (κ2) is 13.6. The minimum Gasteiger partial charge on any atom is -0.497 e. The number of unbranched alkanes of at least 4 members (excludes halogenated alkanes) is 2. The number of rotatable bonds is 15. The van der Waals surface area contributed by atoms with Gasteiger partial charge in [0.25, 0.3) is 0 Å². The molecule has 0 saturated carbocycles. The van der Waals surface area contributed by atoms with Crippen LogP contribution in [0.3, 0.4) is 0 Å². The van der Waals surface area contributed by atoms with Crippen molar-refractivity contribution in [2.75, 3.05) is 40.5 Å². The molecule has 0 atom stereocenters. The molecule has 8 nitrogen and oxygen atoms in total. The number of nitrogens with zero attached hydrogens (tertiary/aromatic N) is 2. The first-order valence-corrected chi connectivity index (χ1v) is 11.8. The van der Waals surface area contributed by atoms with E-state index in [-0.39, 0.29) is 12.6 Å². The van der Waals surface area contributed by atoms with Gasteiger partial charge in [-0.2, -0.15) is 0 Å². The maximum absolute atomic E-state index is 11.2. The highest BCUT2D eigenvalue weighted by Crippen LogP contribution is 2.29. The van der Waals surface area contributed by atoms with Crippen molar-refractivity contribution in [1.29, 1.82) is 0 Å². The van der Waals surface area contributed by atoms with Gasteiger partial charge >= 0.3 is 5.97 Å². The zero-order chi connectivity index (χ0) is 24.2. The highest BCUT2D eigenvalue weighted by atomic mass is 16.5. The number of benzene rings is 2. The number of hydrogen-bond acceptors (Lipinski definition) is 7. The molecule has 0 amide bonds. The van der Waals surface area contributed by atoms with Crippen molar-refractivity contribution < 1.29 is 24.1 Å². The van der Waals surface area contributed by atoms with E-state index in [0.29, 0.717) is 19.6 Å². The van der Waals surface area contributed by atoms with E-state index in [9.17, 15) is 4.79 Å². The van der Waals surface area contributed by atoms with Gasteiger partial charge < -0.3 is 29.2 Å². The average molecular weight is 470 g/mol. The number of aromatic nitrogens is 2. The first-order valence-electron chi connectivity index (χ1n) is 11.8. The molecule has 34 heavy (non-hydrogen) atoms. The topological polar surface area (TPSA) is 94.8 Å². The summed E-state index contributed by atoms with van der Waals surface area (Å²) in [5.74, 6) is 2.35. The molecule has 0 unspecified atom stereocenters. The lowest BCUT2D eigenvalue weighted by Crippen LogP contribution is -2.20. The summed E-state index contributed by atoms with van der Waals surface area (Å²) in [4.78, 5) is 16.1. The Labute approximate surface area is 200 Å². The second-order valence-corrected chi connectivity index (χ2v) is 8.03. The molecule has 1 heterocycles. The number of ether oxygens (including phenoxy) is 3. The normalized spacial score (nSPS) is 11.0. The molecule has 0 aliphatic carbocycles. The average Bonchev–Trinajstić information content (AvgIpc) is 3.23. The summed E-state index contributed by atoms with van der Waals surface area (Å²) in [6.07, 6.45) is 3.94. The quantitative estimate of drug-likeness (QED) is 0.258. The highest BCUT2D eigenvalue weighted by Gasteiger charge is 2.14. The molecule has 0 aliphatic rings. The molecule has 0 fully saturated rings. The third-order valence-corrected chi connectivity index (χ3v) is 5.61. The smallest absolute Gasteiger partial charge is 0.305 e. The molecule has 3 rings (SSSR count). The van der Waals surface area contributed by atoms with Crippen LogP contribution in [0.1, 0.15) is 32.1 Å². The highest BCUT2D eigenvalue weighted by molar-refractivity contribution is 5.82. The number of aliphatic hydroxyl groups excluding tert-OH is 1. The lowest BCUT2D eigenvalue weighted by Gasteiger charge is -2.11. The van der Waals surface area contributed by atoms with E-state index in [1.807, 2.05) is 42.5 Å². The Kier molecular flexibility index (Phi) is 10.2. The van der Waals surface area contributed by atoms with Crippen molar-refractivity contribution in [1.82, 2.24) is 14.9 Å².